The summed E-state index contributed by atoms with van der Waals surface area (Å²) < 4.78 is 0. The highest BCUT2D eigenvalue weighted by Gasteiger charge is 2.37. The Morgan fingerprint density at radius 2 is 2.08 bits per heavy atom. The van der Waals surface area contributed by atoms with Crippen molar-refractivity contribution in [3.63, 3.8) is 0 Å². The van der Waals surface area contributed by atoms with Crippen molar-refractivity contribution >= 4 is 0 Å². The van der Waals surface area contributed by atoms with Crippen molar-refractivity contribution < 1.29 is 0 Å². The largest absolute Gasteiger partial charge is 0.306 e. The topological polar surface area (TPSA) is 3.24 Å². The van der Waals surface area contributed by atoms with Crippen LogP contribution in [0.4, 0.5) is 0 Å². The lowest BCUT2D eigenvalue weighted by Crippen LogP contribution is -2.30. The van der Waals surface area contributed by atoms with Crippen LogP contribution in [0.2, 0.25) is 0 Å². The molecule has 0 spiro atoms. The predicted molar refractivity (Wildman–Crippen MR) is 58.9 cm³/mol. The molecule has 0 radical (unpaired) electrons. The molecule has 2 atom stereocenters. The maximum absolute atomic E-state index is 2.49. The third-order valence-electron chi connectivity index (χ3n) is 3.81. The smallest absolute Gasteiger partial charge is 0.00354 e. The fraction of sp³-hybridized carbons (Fsp3) is 1.00. The Kier molecular flexibility index (Phi) is 3.78. The number of nitrogens with zero attached hydrogens (tertiary/aromatic N) is 1. The number of rotatable bonds is 4. The van der Waals surface area contributed by atoms with Crippen molar-refractivity contribution in [1.29, 1.82) is 0 Å². The quantitative estimate of drug-likeness (QED) is 0.647. The standard InChI is InChI=1S/C12H25N/c1-5-7-11(6-2)12(3)8-9-13(4)10-12/h11H,5-10H2,1-4H3. The van der Waals surface area contributed by atoms with Crippen molar-refractivity contribution in [2.45, 2.75) is 46.5 Å². The van der Waals surface area contributed by atoms with Gasteiger partial charge in [0.15, 0.2) is 0 Å². The molecule has 0 aromatic heterocycles. The summed E-state index contributed by atoms with van der Waals surface area (Å²) in [5.41, 5.74) is 0.611. The van der Waals surface area contributed by atoms with E-state index >= 15 is 0 Å². The van der Waals surface area contributed by atoms with Crippen LogP contribution in [-0.2, 0) is 0 Å². The van der Waals surface area contributed by atoms with Gasteiger partial charge < -0.3 is 4.90 Å². The van der Waals surface area contributed by atoms with E-state index in [9.17, 15) is 0 Å². The van der Waals surface area contributed by atoms with Gasteiger partial charge in [0, 0.05) is 6.54 Å². The molecule has 1 rings (SSSR count). The first-order valence-corrected chi connectivity index (χ1v) is 5.81. The van der Waals surface area contributed by atoms with E-state index in [1.165, 1.54) is 38.8 Å². The van der Waals surface area contributed by atoms with E-state index < -0.39 is 0 Å². The molecule has 1 fully saturated rings. The molecule has 0 aromatic carbocycles. The molecule has 0 saturated carbocycles. The Morgan fingerprint density at radius 3 is 2.46 bits per heavy atom. The third kappa shape index (κ3) is 2.46. The second kappa shape index (κ2) is 4.45. The SMILES string of the molecule is CCCC(CC)C1(C)CCN(C)C1. The van der Waals surface area contributed by atoms with E-state index in [1.807, 2.05) is 0 Å². The van der Waals surface area contributed by atoms with Crippen LogP contribution in [0, 0.1) is 11.3 Å². The Labute approximate surface area is 83.5 Å². The number of likely N-dealkylation sites (tertiary alicyclic amines) is 1. The lowest BCUT2D eigenvalue weighted by molar-refractivity contribution is 0.174. The first-order chi connectivity index (χ1) is 6.12. The maximum atomic E-state index is 2.49. The Balaban J connectivity index is 2.55. The van der Waals surface area contributed by atoms with Crippen LogP contribution in [0.1, 0.15) is 46.5 Å². The predicted octanol–water partition coefficient (Wildman–Crippen LogP) is 3.15. The van der Waals surface area contributed by atoms with Crippen LogP contribution in [0.5, 0.6) is 0 Å². The van der Waals surface area contributed by atoms with Crippen LogP contribution in [-0.4, -0.2) is 25.0 Å². The first kappa shape index (κ1) is 11.0. The molecule has 1 nitrogen and oxygen atoms in total. The minimum Gasteiger partial charge on any atom is -0.306 e. The molecule has 1 heteroatoms. The second-order valence-corrected chi connectivity index (χ2v) is 5.04. The third-order valence-corrected chi connectivity index (χ3v) is 3.81. The van der Waals surface area contributed by atoms with Gasteiger partial charge in [-0.1, -0.05) is 40.0 Å². The fourth-order valence-corrected chi connectivity index (χ4v) is 2.95. The molecular weight excluding hydrogens is 158 g/mol. The molecule has 0 N–H and O–H groups in total. The average molecular weight is 183 g/mol. The molecule has 0 aliphatic carbocycles. The van der Waals surface area contributed by atoms with E-state index in [2.05, 4.69) is 32.7 Å². The van der Waals surface area contributed by atoms with E-state index in [4.69, 9.17) is 0 Å². The molecule has 0 bridgehead atoms. The zero-order valence-corrected chi connectivity index (χ0v) is 9.77. The maximum Gasteiger partial charge on any atom is 0.00354 e. The first-order valence-electron chi connectivity index (χ1n) is 5.81. The van der Waals surface area contributed by atoms with Crippen molar-refractivity contribution in [2.75, 3.05) is 20.1 Å². The van der Waals surface area contributed by atoms with Gasteiger partial charge in [0.25, 0.3) is 0 Å². The zero-order valence-electron chi connectivity index (χ0n) is 9.77. The highest BCUT2D eigenvalue weighted by Crippen LogP contribution is 2.40. The van der Waals surface area contributed by atoms with Gasteiger partial charge in [-0.15, -0.1) is 0 Å². The molecule has 13 heavy (non-hydrogen) atoms. The molecule has 1 aliphatic heterocycles. The lowest BCUT2D eigenvalue weighted by atomic mass is 9.73. The summed E-state index contributed by atoms with van der Waals surface area (Å²) in [6.07, 6.45) is 5.53. The van der Waals surface area contributed by atoms with Gasteiger partial charge in [0.1, 0.15) is 0 Å². The molecule has 78 valence electrons. The van der Waals surface area contributed by atoms with Crippen LogP contribution in [0.3, 0.4) is 0 Å². The number of hydrogen-bond acceptors (Lipinski definition) is 1. The summed E-state index contributed by atoms with van der Waals surface area (Å²) in [6.45, 7) is 9.76. The normalized spacial score (nSPS) is 32.3. The Morgan fingerprint density at radius 1 is 1.38 bits per heavy atom. The summed E-state index contributed by atoms with van der Waals surface area (Å²) >= 11 is 0. The Bertz CT molecular complexity index is 155. The van der Waals surface area contributed by atoms with E-state index in [0.29, 0.717) is 5.41 Å². The van der Waals surface area contributed by atoms with Gasteiger partial charge in [-0.2, -0.15) is 0 Å². The highest BCUT2D eigenvalue weighted by atomic mass is 15.1. The van der Waals surface area contributed by atoms with Gasteiger partial charge >= 0.3 is 0 Å². The van der Waals surface area contributed by atoms with Gasteiger partial charge in [-0.3, -0.25) is 0 Å². The van der Waals surface area contributed by atoms with Crippen molar-refractivity contribution in [3.8, 4) is 0 Å². The lowest BCUT2D eigenvalue weighted by Gasteiger charge is -2.33. The molecule has 1 aliphatic rings. The minimum absolute atomic E-state index is 0.611. The highest BCUT2D eigenvalue weighted by molar-refractivity contribution is 4.89. The fourth-order valence-electron chi connectivity index (χ4n) is 2.95. The summed E-state index contributed by atoms with van der Waals surface area (Å²) in [6, 6.07) is 0. The van der Waals surface area contributed by atoms with Crippen LogP contribution in [0.15, 0.2) is 0 Å². The molecule has 0 amide bonds. The van der Waals surface area contributed by atoms with Gasteiger partial charge in [0.05, 0.1) is 0 Å². The monoisotopic (exact) mass is 183 g/mol. The Hall–Kier alpha value is -0.0400. The molecular formula is C12H25N. The van der Waals surface area contributed by atoms with Gasteiger partial charge in [-0.25, -0.2) is 0 Å². The van der Waals surface area contributed by atoms with Gasteiger partial charge in [0.2, 0.25) is 0 Å². The van der Waals surface area contributed by atoms with E-state index in [1.54, 1.807) is 0 Å². The molecule has 0 aromatic rings. The summed E-state index contributed by atoms with van der Waals surface area (Å²) in [4.78, 5) is 2.48. The second-order valence-electron chi connectivity index (χ2n) is 5.04. The van der Waals surface area contributed by atoms with Gasteiger partial charge in [-0.05, 0) is 31.3 Å². The summed E-state index contributed by atoms with van der Waals surface area (Å²) in [5.74, 6) is 0.947. The van der Waals surface area contributed by atoms with Crippen molar-refractivity contribution in [1.82, 2.24) is 4.90 Å². The molecule has 2 unspecified atom stereocenters. The van der Waals surface area contributed by atoms with Crippen molar-refractivity contribution in [3.05, 3.63) is 0 Å². The number of hydrogen-bond donors (Lipinski definition) is 0. The van der Waals surface area contributed by atoms with Crippen molar-refractivity contribution in [2.24, 2.45) is 11.3 Å². The molecule has 1 heterocycles. The van der Waals surface area contributed by atoms with E-state index in [-0.39, 0.29) is 0 Å². The van der Waals surface area contributed by atoms with Crippen LogP contribution < -0.4 is 0 Å². The van der Waals surface area contributed by atoms with E-state index in [0.717, 1.165) is 5.92 Å². The summed E-state index contributed by atoms with van der Waals surface area (Å²) in [7, 11) is 2.25. The molecule has 1 saturated heterocycles. The minimum atomic E-state index is 0.611. The van der Waals surface area contributed by atoms with Crippen LogP contribution in [0.25, 0.3) is 0 Å². The zero-order chi connectivity index (χ0) is 9.90. The summed E-state index contributed by atoms with van der Waals surface area (Å²) in [5, 5.41) is 0. The average Bonchev–Trinajstić information content (AvgIpc) is 2.43. The van der Waals surface area contributed by atoms with Crippen LogP contribution >= 0.6 is 0 Å².